The van der Waals surface area contributed by atoms with E-state index in [0.29, 0.717) is 18.3 Å². The molecule has 0 spiro atoms. The Hall–Kier alpha value is -0.120. The van der Waals surface area contributed by atoms with E-state index in [1.807, 2.05) is 0 Å². The van der Waals surface area contributed by atoms with Crippen LogP contribution in [-0.4, -0.2) is 38.1 Å². The Morgan fingerprint density at radius 1 is 1.12 bits per heavy atom. The van der Waals surface area contributed by atoms with Crippen molar-refractivity contribution in [3.8, 4) is 0 Å². The first-order valence-corrected chi connectivity index (χ1v) is 6.76. The lowest BCUT2D eigenvalue weighted by molar-refractivity contribution is 0.0426. The topological polar surface area (TPSA) is 31.0 Å². The molecular formula is C13H22O3. The zero-order valence-electron chi connectivity index (χ0n) is 9.90. The molecule has 0 bridgehead atoms. The van der Waals surface area contributed by atoms with Crippen LogP contribution < -0.4 is 0 Å². The summed E-state index contributed by atoms with van der Waals surface area (Å²) >= 11 is 0. The van der Waals surface area contributed by atoms with Crippen LogP contribution in [0.25, 0.3) is 0 Å². The fourth-order valence-corrected chi connectivity index (χ4v) is 2.97. The molecule has 3 rings (SSSR count). The smallest absolute Gasteiger partial charge is 0.0845 e. The van der Waals surface area contributed by atoms with E-state index < -0.39 is 0 Å². The number of hydrogen-bond donors (Lipinski definition) is 0. The molecule has 2 heterocycles. The van der Waals surface area contributed by atoms with Gasteiger partial charge in [0.2, 0.25) is 0 Å². The Morgan fingerprint density at radius 3 is 2.94 bits per heavy atom. The van der Waals surface area contributed by atoms with Crippen molar-refractivity contribution in [3.63, 3.8) is 0 Å². The van der Waals surface area contributed by atoms with Crippen LogP contribution in [-0.2, 0) is 14.2 Å². The van der Waals surface area contributed by atoms with E-state index in [1.165, 1.54) is 32.1 Å². The Balaban J connectivity index is 1.25. The lowest BCUT2D eigenvalue weighted by Crippen LogP contribution is -2.19. The van der Waals surface area contributed by atoms with Crippen LogP contribution in [0.15, 0.2) is 0 Å². The van der Waals surface area contributed by atoms with E-state index >= 15 is 0 Å². The molecule has 92 valence electrons. The number of epoxide rings is 1. The molecule has 2 saturated heterocycles. The summed E-state index contributed by atoms with van der Waals surface area (Å²) in [6, 6.07) is 0. The number of fused-ring (bicyclic) bond motifs is 1. The maximum Gasteiger partial charge on any atom is 0.0845 e. The molecule has 3 aliphatic rings. The highest BCUT2D eigenvalue weighted by Gasteiger charge is 2.43. The van der Waals surface area contributed by atoms with Crippen molar-refractivity contribution in [1.82, 2.24) is 0 Å². The van der Waals surface area contributed by atoms with Gasteiger partial charge < -0.3 is 14.2 Å². The third-order valence-electron chi connectivity index (χ3n) is 4.07. The summed E-state index contributed by atoms with van der Waals surface area (Å²) < 4.78 is 16.9. The Bertz CT molecular complexity index is 225. The van der Waals surface area contributed by atoms with Crippen molar-refractivity contribution in [2.24, 2.45) is 5.92 Å². The molecule has 2 aliphatic heterocycles. The van der Waals surface area contributed by atoms with Crippen LogP contribution >= 0.6 is 0 Å². The second-order valence-electron chi connectivity index (χ2n) is 5.39. The first kappa shape index (κ1) is 11.0. The molecule has 0 aromatic carbocycles. The molecule has 0 amide bonds. The van der Waals surface area contributed by atoms with Gasteiger partial charge >= 0.3 is 0 Å². The van der Waals surface area contributed by atoms with Gasteiger partial charge in [-0.1, -0.05) is 0 Å². The van der Waals surface area contributed by atoms with Gasteiger partial charge in [-0.3, -0.25) is 0 Å². The van der Waals surface area contributed by atoms with Crippen LogP contribution in [0, 0.1) is 5.92 Å². The third kappa shape index (κ3) is 2.76. The molecule has 4 unspecified atom stereocenters. The standard InChI is InChI=1S/C13H22O3/c1-2-11(15-6-1)5-7-14-9-10-3-4-12-13(8-10)16-12/h10-13H,1-9H2. The van der Waals surface area contributed by atoms with Gasteiger partial charge in [0.15, 0.2) is 0 Å². The lowest BCUT2D eigenvalue weighted by Gasteiger charge is -2.19. The van der Waals surface area contributed by atoms with Gasteiger partial charge in [0.25, 0.3) is 0 Å². The maximum atomic E-state index is 5.77. The quantitative estimate of drug-likeness (QED) is 0.531. The van der Waals surface area contributed by atoms with Crippen LogP contribution in [0.3, 0.4) is 0 Å². The lowest BCUT2D eigenvalue weighted by atomic mass is 9.90. The molecule has 16 heavy (non-hydrogen) atoms. The molecule has 1 saturated carbocycles. The van der Waals surface area contributed by atoms with Gasteiger partial charge in [0.05, 0.1) is 18.3 Å². The van der Waals surface area contributed by atoms with Gasteiger partial charge in [-0.2, -0.15) is 0 Å². The van der Waals surface area contributed by atoms with Crippen LogP contribution in [0.5, 0.6) is 0 Å². The molecule has 0 aromatic rings. The second-order valence-corrected chi connectivity index (χ2v) is 5.39. The van der Waals surface area contributed by atoms with Crippen molar-refractivity contribution < 1.29 is 14.2 Å². The summed E-state index contributed by atoms with van der Waals surface area (Å²) in [6.45, 7) is 2.75. The maximum absolute atomic E-state index is 5.77. The van der Waals surface area contributed by atoms with E-state index in [1.54, 1.807) is 0 Å². The average Bonchev–Trinajstić information content (AvgIpc) is 2.89. The molecule has 3 fully saturated rings. The zero-order valence-corrected chi connectivity index (χ0v) is 9.90. The van der Waals surface area contributed by atoms with E-state index in [-0.39, 0.29) is 0 Å². The minimum Gasteiger partial charge on any atom is -0.381 e. The summed E-state index contributed by atoms with van der Waals surface area (Å²) in [4.78, 5) is 0. The molecule has 0 radical (unpaired) electrons. The van der Waals surface area contributed by atoms with Crippen LogP contribution in [0.4, 0.5) is 0 Å². The second kappa shape index (κ2) is 5.03. The van der Waals surface area contributed by atoms with E-state index in [0.717, 1.165) is 32.2 Å². The Morgan fingerprint density at radius 2 is 2.12 bits per heavy atom. The summed E-state index contributed by atoms with van der Waals surface area (Å²) in [7, 11) is 0. The summed E-state index contributed by atoms with van der Waals surface area (Å²) in [5, 5.41) is 0. The highest BCUT2D eigenvalue weighted by molar-refractivity contribution is 4.91. The zero-order chi connectivity index (χ0) is 10.8. The average molecular weight is 226 g/mol. The normalized spacial score (nSPS) is 42.0. The van der Waals surface area contributed by atoms with Crippen molar-refractivity contribution in [1.29, 1.82) is 0 Å². The molecular weight excluding hydrogens is 204 g/mol. The first-order valence-electron chi connectivity index (χ1n) is 6.76. The summed E-state index contributed by atoms with van der Waals surface area (Å²) in [6.07, 6.45) is 8.98. The van der Waals surface area contributed by atoms with Crippen molar-refractivity contribution >= 4 is 0 Å². The van der Waals surface area contributed by atoms with Gasteiger partial charge in [-0.05, 0) is 44.4 Å². The van der Waals surface area contributed by atoms with Crippen molar-refractivity contribution in [3.05, 3.63) is 0 Å². The predicted molar refractivity (Wildman–Crippen MR) is 60.4 cm³/mol. The highest BCUT2D eigenvalue weighted by atomic mass is 16.6. The van der Waals surface area contributed by atoms with E-state index in [4.69, 9.17) is 14.2 Å². The van der Waals surface area contributed by atoms with E-state index in [9.17, 15) is 0 Å². The van der Waals surface area contributed by atoms with Crippen molar-refractivity contribution in [2.45, 2.75) is 56.8 Å². The van der Waals surface area contributed by atoms with Gasteiger partial charge in [0, 0.05) is 19.8 Å². The summed E-state index contributed by atoms with van der Waals surface area (Å²) in [5.74, 6) is 0.744. The fourth-order valence-electron chi connectivity index (χ4n) is 2.97. The minimum atomic E-state index is 0.475. The molecule has 4 atom stereocenters. The molecule has 3 nitrogen and oxygen atoms in total. The number of rotatable bonds is 5. The molecule has 0 N–H and O–H groups in total. The third-order valence-corrected chi connectivity index (χ3v) is 4.07. The van der Waals surface area contributed by atoms with Gasteiger partial charge in [-0.25, -0.2) is 0 Å². The molecule has 0 aromatic heterocycles. The van der Waals surface area contributed by atoms with E-state index in [2.05, 4.69) is 0 Å². The van der Waals surface area contributed by atoms with Gasteiger partial charge in [-0.15, -0.1) is 0 Å². The highest BCUT2D eigenvalue weighted by Crippen LogP contribution is 2.39. The van der Waals surface area contributed by atoms with Crippen LogP contribution in [0.2, 0.25) is 0 Å². The van der Waals surface area contributed by atoms with Crippen molar-refractivity contribution in [2.75, 3.05) is 19.8 Å². The monoisotopic (exact) mass is 226 g/mol. The van der Waals surface area contributed by atoms with Crippen LogP contribution in [0.1, 0.15) is 38.5 Å². The Labute approximate surface area is 97.4 Å². The van der Waals surface area contributed by atoms with Gasteiger partial charge in [0.1, 0.15) is 0 Å². The SMILES string of the molecule is C1COC(CCOCC2CCC3OC3C2)C1. The Kier molecular flexibility index (Phi) is 3.46. The first-order chi connectivity index (χ1) is 7.92. The predicted octanol–water partition coefficient (Wildman–Crippen LogP) is 2.14. The number of ether oxygens (including phenoxy) is 3. The minimum absolute atomic E-state index is 0.475. The summed E-state index contributed by atoms with van der Waals surface area (Å²) in [5.41, 5.74) is 0. The molecule has 1 aliphatic carbocycles. The fraction of sp³-hybridized carbons (Fsp3) is 1.00. The molecule has 3 heteroatoms. The largest absolute Gasteiger partial charge is 0.381 e. The number of hydrogen-bond acceptors (Lipinski definition) is 3.